The predicted octanol–water partition coefficient (Wildman–Crippen LogP) is 3.88. The van der Waals surface area contributed by atoms with E-state index in [1.165, 1.54) is 29.5 Å². The maximum absolute atomic E-state index is 12.5. The van der Waals surface area contributed by atoms with Crippen LogP contribution in [-0.2, 0) is 11.2 Å². The Bertz CT molecular complexity index is 694. The Kier molecular flexibility index (Phi) is 5.84. The summed E-state index contributed by atoms with van der Waals surface area (Å²) in [6.07, 6.45) is 4.23. The van der Waals surface area contributed by atoms with E-state index in [1.807, 2.05) is 12.1 Å². The lowest BCUT2D eigenvalue weighted by Gasteiger charge is -2.11. The van der Waals surface area contributed by atoms with Gasteiger partial charge in [-0.05, 0) is 49.4 Å². The molecule has 2 unspecified atom stereocenters. The third-order valence-electron chi connectivity index (χ3n) is 4.74. The summed E-state index contributed by atoms with van der Waals surface area (Å²) in [5.74, 6) is 0.00317. The summed E-state index contributed by atoms with van der Waals surface area (Å²) in [4.78, 5) is 12.5. The van der Waals surface area contributed by atoms with Gasteiger partial charge in [0.1, 0.15) is 6.04 Å². The average Bonchev–Trinajstić information content (AvgIpc) is 3.12. The minimum Gasteiger partial charge on any atom is -0.325 e. The van der Waals surface area contributed by atoms with E-state index in [0.717, 1.165) is 18.5 Å². The van der Waals surface area contributed by atoms with Crippen LogP contribution in [0, 0.1) is 6.92 Å². The second kappa shape index (κ2) is 8.28. The van der Waals surface area contributed by atoms with Gasteiger partial charge >= 0.3 is 0 Å². The summed E-state index contributed by atoms with van der Waals surface area (Å²) < 4.78 is 0. The number of hydrogen-bond acceptors (Lipinski definition) is 3. The molecule has 0 radical (unpaired) electrons. The van der Waals surface area contributed by atoms with Crippen molar-refractivity contribution in [2.75, 3.05) is 5.32 Å². The van der Waals surface area contributed by atoms with Crippen LogP contribution in [0.4, 0.5) is 5.69 Å². The Morgan fingerprint density at radius 2 is 1.80 bits per heavy atom. The van der Waals surface area contributed by atoms with Gasteiger partial charge in [-0.25, -0.2) is 10.9 Å². The number of hydrogen-bond donors (Lipinski definition) is 3. The van der Waals surface area contributed by atoms with Crippen molar-refractivity contribution in [3.8, 4) is 0 Å². The molecule has 2 aromatic carbocycles. The van der Waals surface area contributed by atoms with Crippen LogP contribution in [0.1, 0.15) is 48.9 Å². The quantitative estimate of drug-likeness (QED) is 0.750. The molecule has 0 spiro atoms. The minimum atomic E-state index is -0.230. The van der Waals surface area contributed by atoms with Crippen LogP contribution >= 0.6 is 0 Å². The maximum Gasteiger partial charge on any atom is 0.242 e. The van der Waals surface area contributed by atoms with E-state index in [2.05, 4.69) is 66.4 Å². The van der Waals surface area contributed by atoms with E-state index in [0.29, 0.717) is 0 Å². The van der Waals surface area contributed by atoms with Crippen LogP contribution < -0.4 is 16.2 Å². The van der Waals surface area contributed by atoms with E-state index in [1.54, 1.807) is 0 Å². The highest BCUT2D eigenvalue weighted by molar-refractivity contribution is 5.95. The summed E-state index contributed by atoms with van der Waals surface area (Å²) >= 11 is 0. The van der Waals surface area contributed by atoms with E-state index in [4.69, 9.17) is 0 Å². The van der Waals surface area contributed by atoms with Gasteiger partial charge in [0.25, 0.3) is 0 Å². The smallest absolute Gasteiger partial charge is 0.242 e. The molecule has 1 aliphatic heterocycles. The molecule has 1 saturated heterocycles. The number of nitrogens with one attached hydrogen (secondary N) is 3. The lowest BCUT2D eigenvalue weighted by Crippen LogP contribution is -2.39. The fourth-order valence-electron chi connectivity index (χ4n) is 3.11. The normalized spacial score (nSPS) is 19.8. The van der Waals surface area contributed by atoms with Gasteiger partial charge in [0.15, 0.2) is 0 Å². The average molecular weight is 337 g/mol. The maximum atomic E-state index is 12.5. The van der Waals surface area contributed by atoms with Crippen LogP contribution in [0.3, 0.4) is 0 Å². The number of unbranched alkanes of at least 4 members (excludes halogenated alkanes) is 1. The SMILES string of the molecule is CCCCc1ccc(NC(=O)C2CC(c3ccc(C)cc3)NN2)cc1. The number of rotatable bonds is 6. The third kappa shape index (κ3) is 4.68. The van der Waals surface area contributed by atoms with Gasteiger partial charge in [-0.1, -0.05) is 55.3 Å². The molecule has 1 fully saturated rings. The van der Waals surface area contributed by atoms with Crippen LogP contribution in [0.2, 0.25) is 0 Å². The van der Waals surface area contributed by atoms with Crippen molar-refractivity contribution in [2.24, 2.45) is 0 Å². The molecule has 1 aliphatic rings. The van der Waals surface area contributed by atoms with Gasteiger partial charge in [0.05, 0.1) is 0 Å². The van der Waals surface area contributed by atoms with E-state index in [9.17, 15) is 4.79 Å². The van der Waals surface area contributed by atoms with Crippen molar-refractivity contribution in [1.29, 1.82) is 0 Å². The third-order valence-corrected chi connectivity index (χ3v) is 4.74. The minimum absolute atomic E-state index is 0.00317. The Morgan fingerprint density at radius 1 is 1.08 bits per heavy atom. The molecule has 2 atom stereocenters. The van der Waals surface area contributed by atoms with Gasteiger partial charge in [0.2, 0.25) is 5.91 Å². The Morgan fingerprint density at radius 3 is 2.48 bits per heavy atom. The summed E-state index contributed by atoms with van der Waals surface area (Å²) in [7, 11) is 0. The second-order valence-corrected chi connectivity index (χ2v) is 6.83. The van der Waals surface area contributed by atoms with Gasteiger partial charge in [-0.15, -0.1) is 0 Å². The summed E-state index contributed by atoms with van der Waals surface area (Å²) in [5, 5.41) is 3.01. The number of hydrazine groups is 1. The van der Waals surface area contributed by atoms with Crippen LogP contribution in [0.25, 0.3) is 0 Å². The molecule has 3 N–H and O–H groups in total. The van der Waals surface area contributed by atoms with E-state index in [-0.39, 0.29) is 18.0 Å². The molecule has 25 heavy (non-hydrogen) atoms. The number of anilines is 1. The highest BCUT2D eigenvalue weighted by Crippen LogP contribution is 2.23. The number of aryl methyl sites for hydroxylation is 2. The Hall–Kier alpha value is -2.17. The predicted molar refractivity (Wildman–Crippen MR) is 102 cm³/mol. The summed E-state index contributed by atoms with van der Waals surface area (Å²) in [6.45, 7) is 4.27. The fourth-order valence-corrected chi connectivity index (χ4v) is 3.11. The molecule has 1 amide bonds. The molecule has 2 aromatic rings. The first-order chi connectivity index (χ1) is 12.2. The molecule has 0 bridgehead atoms. The van der Waals surface area contributed by atoms with Crippen molar-refractivity contribution < 1.29 is 4.79 Å². The van der Waals surface area contributed by atoms with Gasteiger partial charge in [0, 0.05) is 11.7 Å². The van der Waals surface area contributed by atoms with Crippen LogP contribution in [0.15, 0.2) is 48.5 Å². The molecule has 4 heteroatoms. The zero-order valence-corrected chi connectivity index (χ0v) is 15.0. The number of carbonyl (C=O) groups excluding carboxylic acids is 1. The van der Waals surface area contributed by atoms with Crippen molar-refractivity contribution >= 4 is 11.6 Å². The molecule has 132 valence electrons. The molecule has 1 heterocycles. The van der Waals surface area contributed by atoms with Crippen LogP contribution in [-0.4, -0.2) is 11.9 Å². The van der Waals surface area contributed by atoms with Crippen molar-refractivity contribution in [2.45, 2.75) is 51.6 Å². The van der Waals surface area contributed by atoms with E-state index < -0.39 is 0 Å². The number of benzene rings is 2. The summed E-state index contributed by atoms with van der Waals surface area (Å²) in [5.41, 5.74) is 11.0. The molecule has 0 aliphatic carbocycles. The molecular formula is C21H27N3O. The molecule has 0 aromatic heterocycles. The lowest BCUT2D eigenvalue weighted by molar-refractivity contribution is -0.117. The monoisotopic (exact) mass is 337 g/mol. The van der Waals surface area contributed by atoms with Crippen LogP contribution in [0.5, 0.6) is 0 Å². The number of amides is 1. The zero-order chi connectivity index (χ0) is 17.6. The van der Waals surface area contributed by atoms with Gasteiger partial charge in [-0.3, -0.25) is 4.79 Å². The zero-order valence-electron chi connectivity index (χ0n) is 15.0. The van der Waals surface area contributed by atoms with Crippen molar-refractivity contribution in [3.05, 3.63) is 65.2 Å². The molecule has 0 saturated carbocycles. The molecular weight excluding hydrogens is 310 g/mol. The molecule has 3 rings (SSSR count). The first-order valence-electron chi connectivity index (χ1n) is 9.13. The fraction of sp³-hybridized carbons (Fsp3) is 0.381. The topological polar surface area (TPSA) is 53.2 Å². The Labute approximate surface area is 150 Å². The Balaban J connectivity index is 1.54. The standard InChI is InChI=1S/C21H27N3O/c1-3-4-5-16-8-12-18(13-9-16)22-21(25)20-14-19(23-24-20)17-10-6-15(2)7-11-17/h6-13,19-20,23-24H,3-5,14H2,1-2H3,(H,22,25). The summed E-state index contributed by atoms with van der Waals surface area (Å²) in [6, 6.07) is 16.5. The first-order valence-corrected chi connectivity index (χ1v) is 9.13. The van der Waals surface area contributed by atoms with E-state index >= 15 is 0 Å². The molecule has 4 nitrogen and oxygen atoms in total. The second-order valence-electron chi connectivity index (χ2n) is 6.83. The van der Waals surface area contributed by atoms with Crippen molar-refractivity contribution in [1.82, 2.24) is 10.9 Å². The van der Waals surface area contributed by atoms with Gasteiger partial charge < -0.3 is 5.32 Å². The number of carbonyl (C=O) groups is 1. The van der Waals surface area contributed by atoms with Crippen molar-refractivity contribution in [3.63, 3.8) is 0 Å². The van der Waals surface area contributed by atoms with Gasteiger partial charge in [-0.2, -0.15) is 0 Å². The highest BCUT2D eigenvalue weighted by Gasteiger charge is 2.30. The lowest BCUT2D eigenvalue weighted by atomic mass is 10.0. The largest absolute Gasteiger partial charge is 0.325 e. The first kappa shape index (κ1) is 17.6. The highest BCUT2D eigenvalue weighted by atomic mass is 16.2.